The molecule has 1 saturated heterocycles. The minimum absolute atomic E-state index is 0.104. The summed E-state index contributed by atoms with van der Waals surface area (Å²) in [5.74, 6) is 0.542. The van der Waals surface area contributed by atoms with E-state index in [1.165, 1.54) is 10.6 Å². The third-order valence-corrected chi connectivity index (χ3v) is 6.94. The average molecular weight is 395 g/mol. The zero-order chi connectivity index (χ0) is 15.6. The van der Waals surface area contributed by atoms with Gasteiger partial charge in [-0.25, -0.2) is 12.7 Å². The molecule has 2 unspecified atom stereocenters. The minimum atomic E-state index is -3.17. The largest absolute Gasteiger partial charge is 0.398 e. The number of benzene rings is 1. The Morgan fingerprint density at radius 2 is 2.19 bits per heavy atom. The quantitative estimate of drug-likeness (QED) is 0.789. The normalized spacial score (nSPS) is 22.1. The molecule has 0 aliphatic carbocycles. The fourth-order valence-corrected chi connectivity index (χ4v) is 5.40. The predicted molar refractivity (Wildman–Crippen MR) is 89.0 cm³/mol. The van der Waals surface area contributed by atoms with Gasteiger partial charge in [-0.1, -0.05) is 15.9 Å². The van der Waals surface area contributed by atoms with E-state index in [4.69, 9.17) is 5.73 Å². The van der Waals surface area contributed by atoms with Gasteiger partial charge in [-0.05, 0) is 37.0 Å². The van der Waals surface area contributed by atoms with Crippen LogP contribution in [0, 0.1) is 5.92 Å². The molecule has 0 bridgehead atoms. The molecule has 2 rings (SSSR count). The van der Waals surface area contributed by atoms with E-state index in [2.05, 4.69) is 15.9 Å². The third-order valence-electron chi connectivity index (χ3n) is 3.56. The zero-order valence-corrected chi connectivity index (χ0v) is 15.0. The van der Waals surface area contributed by atoms with Gasteiger partial charge in [0.05, 0.1) is 22.0 Å². The fraction of sp³-hybridized carbons (Fsp3) is 0.538. The number of piperidine rings is 1. The molecule has 1 aliphatic rings. The van der Waals surface area contributed by atoms with Crippen molar-refractivity contribution in [3.8, 4) is 0 Å². The molecule has 1 aromatic rings. The molecule has 1 aliphatic heterocycles. The maximum atomic E-state index is 12.5. The first-order valence-corrected chi connectivity index (χ1v) is 10.6. The SMILES string of the molecule is CS(=O)(=O)N1CCCC(CS(=O)c2cc(Br)ccc2N)C1. The number of halogens is 1. The highest BCUT2D eigenvalue weighted by Gasteiger charge is 2.27. The lowest BCUT2D eigenvalue weighted by molar-refractivity contribution is 0.285. The van der Waals surface area contributed by atoms with Crippen molar-refractivity contribution in [3.05, 3.63) is 22.7 Å². The van der Waals surface area contributed by atoms with Crippen molar-refractivity contribution in [3.63, 3.8) is 0 Å². The van der Waals surface area contributed by atoms with E-state index in [-0.39, 0.29) is 5.92 Å². The standard InChI is InChI=1S/C13H19BrN2O3S2/c1-21(18,19)16-6-2-3-10(8-16)9-20(17)13-7-11(14)4-5-12(13)15/h4-5,7,10H,2-3,6,8-9,15H2,1H3. The van der Waals surface area contributed by atoms with Crippen LogP contribution < -0.4 is 5.73 Å². The van der Waals surface area contributed by atoms with E-state index in [9.17, 15) is 12.6 Å². The van der Waals surface area contributed by atoms with E-state index in [1.54, 1.807) is 12.1 Å². The van der Waals surface area contributed by atoms with E-state index < -0.39 is 20.8 Å². The molecule has 21 heavy (non-hydrogen) atoms. The number of rotatable bonds is 4. The van der Waals surface area contributed by atoms with Gasteiger partial charge in [-0.2, -0.15) is 0 Å². The second-order valence-corrected chi connectivity index (χ2v) is 9.69. The molecule has 0 spiro atoms. The molecular weight excluding hydrogens is 376 g/mol. The highest BCUT2D eigenvalue weighted by atomic mass is 79.9. The molecule has 0 aromatic heterocycles. The van der Waals surface area contributed by atoms with Crippen molar-refractivity contribution in [2.75, 3.05) is 30.8 Å². The lowest BCUT2D eigenvalue weighted by atomic mass is 10.0. The number of sulfonamides is 1. The molecule has 8 heteroatoms. The van der Waals surface area contributed by atoms with Crippen molar-refractivity contribution in [1.82, 2.24) is 4.31 Å². The molecule has 2 atom stereocenters. The lowest BCUT2D eigenvalue weighted by Crippen LogP contribution is -2.40. The van der Waals surface area contributed by atoms with Crippen LogP contribution in [0.15, 0.2) is 27.6 Å². The van der Waals surface area contributed by atoms with Crippen LogP contribution in [0.1, 0.15) is 12.8 Å². The van der Waals surface area contributed by atoms with Crippen molar-refractivity contribution >= 4 is 42.4 Å². The van der Waals surface area contributed by atoms with Gasteiger partial charge in [-0.15, -0.1) is 0 Å². The Kier molecular flexibility index (Phi) is 5.45. The third kappa shape index (κ3) is 4.51. The van der Waals surface area contributed by atoms with Gasteiger partial charge in [0.2, 0.25) is 10.0 Å². The number of anilines is 1. The topological polar surface area (TPSA) is 80.5 Å². The highest BCUT2D eigenvalue weighted by Crippen LogP contribution is 2.25. The maximum Gasteiger partial charge on any atom is 0.211 e. The summed E-state index contributed by atoms with van der Waals surface area (Å²) in [4.78, 5) is 0.612. The molecule has 2 N–H and O–H groups in total. The van der Waals surface area contributed by atoms with Crippen LogP contribution in [0.4, 0.5) is 5.69 Å². The summed E-state index contributed by atoms with van der Waals surface area (Å²) in [5, 5.41) is 0. The van der Waals surface area contributed by atoms with E-state index >= 15 is 0 Å². The van der Waals surface area contributed by atoms with Gasteiger partial charge in [0, 0.05) is 29.0 Å². The Morgan fingerprint density at radius 1 is 1.48 bits per heavy atom. The van der Waals surface area contributed by atoms with Crippen LogP contribution in [0.25, 0.3) is 0 Å². The molecule has 0 amide bonds. The van der Waals surface area contributed by atoms with Gasteiger partial charge in [0.25, 0.3) is 0 Å². The Hall–Kier alpha value is -0.440. The van der Waals surface area contributed by atoms with Crippen molar-refractivity contribution < 1.29 is 12.6 Å². The summed E-state index contributed by atoms with van der Waals surface area (Å²) < 4.78 is 38.0. The summed E-state index contributed by atoms with van der Waals surface area (Å²) in [6.07, 6.45) is 2.92. The summed E-state index contributed by atoms with van der Waals surface area (Å²) in [6.45, 7) is 0.999. The summed E-state index contributed by atoms with van der Waals surface area (Å²) in [5.41, 5.74) is 6.38. The van der Waals surface area contributed by atoms with Crippen LogP contribution >= 0.6 is 15.9 Å². The Morgan fingerprint density at radius 3 is 2.86 bits per heavy atom. The maximum absolute atomic E-state index is 12.5. The van der Waals surface area contributed by atoms with E-state index in [0.717, 1.165) is 17.3 Å². The van der Waals surface area contributed by atoms with E-state index in [1.807, 2.05) is 6.07 Å². The average Bonchev–Trinajstić information content (AvgIpc) is 2.41. The Labute approximate surface area is 136 Å². The summed E-state index contributed by atoms with van der Waals surface area (Å²) in [7, 11) is -4.39. The number of nitrogens with two attached hydrogens (primary N) is 1. The molecular formula is C13H19BrN2O3S2. The van der Waals surface area contributed by atoms with E-state index in [0.29, 0.717) is 29.4 Å². The van der Waals surface area contributed by atoms with Gasteiger partial charge < -0.3 is 5.73 Å². The number of nitrogens with zero attached hydrogens (tertiary/aromatic N) is 1. The molecule has 1 fully saturated rings. The predicted octanol–water partition coefficient (Wildman–Crippen LogP) is 1.81. The first kappa shape index (κ1) is 16.9. The Balaban J connectivity index is 2.07. The van der Waals surface area contributed by atoms with Crippen LogP contribution in [0.2, 0.25) is 0 Å². The van der Waals surface area contributed by atoms with Gasteiger partial charge >= 0.3 is 0 Å². The molecule has 1 heterocycles. The Bertz CT molecular complexity index is 649. The van der Waals surface area contributed by atoms with Gasteiger partial charge in [0.1, 0.15) is 0 Å². The summed E-state index contributed by atoms with van der Waals surface area (Å²) >= 11 is 3.35. The first-order chi connectivity index (χ1) is 9.77. The number of hydrogen-bond acceptors (Lipinski definition) is 4. The number of hydrogen-bond donors (Lipinski definition) is 1. The summed E-state index contributed by atoms with van der Waals surface area (Å²) in [6, 6.07) is 5.30. The fourth-order valence-electron chi connectivity index (χ4n) is 2.47. The molecule has 5 nitrogen and oxygen atoms in total. The minimum Gasteiger partial charge on any atom is -0.398 e. The van der Waals surface area contributed by atoms with Crippen LogP contribution in [-0.4, -0.2) is 42.0 Å². The monoisotopic (exact) mass is 394 g/mol. The van der Waals surface area contributed by atoms with Crippen molar-refractivity contribution in [1.29, 1.82) is 0 Å². The first-order valence-electron chi connectivity index (χ1n) is 6.66. The van der Waals surface area contributed by atoms with Crippen LogP contribution in [-0.2, 0) is 20.8 Å². The van der Waals surface area contributed by atoms with Gasteiger partial charge in [0.15, 0.2) is 0 Å². The zero-order valence-electron chi connectivity index (χ0n) is 11.8. The van der Waals surface area contributed by atoms with Gasteiger partial charge in [-0.3, -0.25) is 4.21 Å². The van der Waals surface area contributed by atoms with Crippen molar-refractivity contribution in [2.24, 2.45) is 5.92 Å². The molecule has 0 saturated carbocycles. The van der Waals surface area contributed by atoms with Crippen LogP contribution in [0.3, 0.4) is 0 Å². The second-order valence-electron chi connectivity index (χ2n) is 5.32. The molecule has 1 aromatic carbocycles. The van der Waals surface area contributed by atoms with Crippen molar-refractivity contribution in [2.45, 2.75) is 17.7 Å². The second kappa shape index (κ2) is 6.76. The highest BCUT2D eigenvalue weighted by molar-refractivity contribution is 9.10. The molecule has 118 valence electrons. The van der Waals surface area contributed by atoms with Crippen LogP contribution in [0.5, 0.6) is 0 Å². The smallest absolute Gasteiger partial charge is 0.211 e. The lowest BCUT2D eigenvalue weighted by Gasteiger charge is -2.30. The number of nitrogen functional groups attached to an aromatic ring is 1. The molecule has 0 radical (unpaired) electrons.